The normalized spacial score (nSPS) is 9.24. The van der Waals surface area contributed by atoms with Crippen LogP contribution in [-0.4, -0.2) is 18.4 Å². The maximum Gasteiger partial charge on any atom is 0.268 e. The van der Waals surface area contributed by atoms with Crippen LogP contribution in [0.3, 0.4) is 0 Å². The molecule has 0 radical (unpaired) electrons. The summed E-state index contributed by atoms with van der Waals surface area (Å²) in [7, 11) is 0. The van der Waals surface area contributed by atoms with Crippen molar-refractivity contribution < 1.29 is 4.79 Å². The molecule has 0 spiro atoms. The van der Waals surface area contributed by atoms with Crippen LogP contribution in [0.5, 0.6) is 0 Å². The molecule has 1 aromatic carbocycles. The number of thioether (sulfide) groups is 2. The zero-order chi connectivity index (χ0) is 12.7. The van der Waals surface area contributed by atoms with Gasteiger partial charge in [-0.05, 0) is 24.6 Å². The number of nitriles is 1. The van der Waals surface area contributed by atoms with E-state index in [1.165, 1.54) is 23.5 Å². The molecule has 0 saturated carbocycles. The van der Waals surface area contributed by atoms with Crippen molar-refractivity contribution in [2.45, 2.75) is 0 Å². The fourth-order valence-corrected chi connectivity index (χ4v) is 2.54. The molecular weight excluding hydrogens is 252 g/mol. The van der Waals surface area contributed by atoms with Crippen LogP contribution in [0.1, 0.15) is 0 Å². The highest BCUT2D eigenvalue weighted by atomic mass is 32.2. The van der Waals surface area contributed by atoms with E-state index < -0.39 is 0 Å². The fourth-order valence-electron chi connectivity index (χ4n) is 1.19. The third-order valence-corrected chi connectivity index (χ3v) is 4.10. The van der Waals surface area contributed by atoms with Crippen molar-refractivity contribution >= 4 is 35.1 Å². The van der Waals surface area contributed by atoms with Gasteiger partial charge in [-0.3, -0.25) is 4.79 Å². The van der Waals surface area contributed by atoms with Crippen LogP contribution in [0.25, 0.3) is 0 Å². The Morgan fingerprint density at radius 3 is 2.29 bits per heavy atom. The van der Waals surface area contributed by atoms with Crippen LogP contribution in [0.15, 0.2) is 40.1 Å². The Morgan fingerprint density at radius 1 is 1.24 bits per heavy atom. The number of nitrogens with one attached hydrogen (secondary N) is 1. The third-order valence-electron chi connectivity index (χ3n) is 1.95. The minimum atomic E-state index is -0.364. The average molecular weight is 264 g/mol. The molecule has 1 aromatic rings. The number of amides is 1. The number of benzene rings is 1. The van der Waals surface area contributed by atoms with Crippen molar-refractivity contribution in [3.05, 3.63) is 40.1 Å². The molecule has 0 fully saturated rings. The van der Waals surface area contributed by atoms with Crippen molar-refractivity contribution in [2.24, 2.45) is 0 Å². The predicted molar refractivity (Wildman–Crippen MR) is 74.7 cm³/mol. The van der Waals surface area contributed by atoms with Crippen LogP contribution in [-0.2, 0) is 4.79 Å². The van der Waals surface area contributed by atoms with Crippen molar-refractivity contribution in [1.82, 2.24) is 0 Å². The standard InChI is InChI=1S/C12H12N2OS2/c1-16-12(17-2)10(8-13)11(15)14-9-6-4-3-5-7-9/h3-7H,1-2H3,(H,14,15). The van der Waals surface area contributed by atoms with Gasteiger partial charge in [-0.1, -0.05) is 18.2 Å². The molecule has 0 aliphatic carbocycles. The minimum Gasteiger partial charge on any atom is -0.321 e. The summed E-state index contributed by atoms with van der Waals surface area (Å²) in [5.74, 6) is -0.364. The molecule has 3 nitrogen and oxygen atoms in total. The Balaban J connectivity index is 2.90. The van der Waals surface area contributed by atoms with E-state index in [1.54, 1.807) is 12.1 Å². The summed E-state index contributed by atoms with van der Waals surface area (Å²) >= 11 is 2.80. The molecule has 0 aliphatic rings. The molecule has 1 rings (SSSR count). The molecule has 0 aromatic heterocycles. The van der Waals surface area contributed by atoms with Crippen LogP contribution >= 0.6 is 23.5 Å². The zero-order valence-corrected chi connectivity index (χ0v) is 11.2. The molecule has 0 atom stereocenters. The Hall–Kier alpha value is -1.38. The predicted octanol–water partition coefficient (Wildman–Crippen LogP) is 3.09. The first kappa shape index (κ1) is 13.7. The van der Waals surface area contributed by atoms with Crippen LogP contribution in [0.2, 0.25) is 0 Å². The van der Waals surface area contributed by atoms with Crippen LogP contribution < -0.4 is 5.32 Å². The summed E-state index contributed by atoms with van der Waals surface area (Å²) in [5.41, 5.74) is 0.848. The van der Waals surface area contributed by atoms with Crippen molar-refractivity contribution in [3.8, 4) is 6.07 Å². The van der Waals surface area contributed by atoms with Gasteiger partial charge in [0, 0.05) is 5.69 Å². The Kier molecular flexibility index (Phi) is 5.67. The Morgan fingerprint density at radius 2 is 1.82 bits per heavy atom. The summed E-state index contributed by atoms with van der Waals surface area (Å²) in [6, 6.07) is 11.0. The number of carbonyl (C=O) groups excluding carboxylic acids is 1. The lowest BCUT2D eigenvalue weighted by Crippen LogP contribution is -2.14. The van der Waals surface area contributed by atoms with E-state index in [1.807, 2.05) is 36.8 Å². The fraction of sp³-hybridized carbons (Fsp3) is 0.167. The summed E-state index contributed by atoms with van der Waals surface area (Å²) < 4.78 is 0.723. The van der Waals surface area contributed by atoms with E-state index >= 15 is 0 Å². The maximum atomic E-state index is 11.9. The lowest BCUT2D eigenvalue weighted by molar-refractivity contribution is -0.112. The van der Waals surface area contributed by atoms with Gasteiger partial charge in [-0.2, -0.15) is 5.26 Å². The summed E-state index contributed by atoms with van der Waals surface area (Å²) in [5, 5.41) is 11.7. The second-order valence-corrected chi connectivity index (χ2v) is 4.89. The molecule has 0 unspecified atom stereocenters. The molecule has 0 saturated heterocycles. The average Bonchev–Trinajstić information content (AvgIpc) is 2.36. The molecule has 1 amide bonds. The Bertz CT molecular complexity index is 457. The van der Waals surface area contributed by atoms with Gasteiger partial charge in [0.25, 0.3) is 5.91 Å². The van der Waals surface area contributed by atoms with Gasteiger partial charge in [-0.15, -0.1) is 23.5 Å². The van der Waals surface area contributed by atoms with E-state index in [9.17, 15) is 4.79 Å². The zero-order valence-electron chi connectivity index (χ0n) is 9.56. The minimum absolute atomic E-state index is 0.161. The molecule has 0 bridgehead atoms. The second kappa shape index (κ2) is 7.05. The van der Waals surface area contributed by atoms with Gasteiger partial charge in [0.15, 0.2) is 0 Å². The largest absolute Gasteiger partial charge is 0.321 e. The molecule has 17 heavy (non-hydrogen) atoms. The topological polar surface area (TPSA) is 52.9 Å². The number of hydrogen-bond acceptors (Lipinski definition) is 4. The molecular formula is C12H12N2OS2. The quantitative estimate of drug-likeness (QED) is 0.670. The molecule has 0 heterocycles. The lowest BCUT2D eigenvalue weighted by Gasteiger charge is -2.06. The molecule has 5 heteroatoms. The second-order valence-electron chi connectivity index (χ2n) is 3.00. The summed E-state index contributed by atoms with van der Waals surface area (Å²) in [6.07, 6.45) is 3.69. The molecule has 1 N–H and O–H groups in total. The van der Waals surface area contributed by atoms with Crippen molar-refractivity contribution in [1.29, 1.82) is 5.26 Å². The lowest BCUT2D eigenvalue weighted by atomic mass is 10.3. The monoisotopic (exact) mass is 264 g/mol. The first-order chi connectivity index (χ1) is 8.22. The number of nitrogens with zero attached hydrogens (tertiary/aromatic N) is 1. The van der Waals surface area contributed by atoms with Gasteiger partial charge in [-0.25, -0.2) is 0 Å². The smallest absolute Gasteiger partial charge is 0.268 e. The highest BCUT2D eigenvalue weighted by Crippen LogP contribution is 2.27. The van der Waals surface area contributed by atoms with Crippen molar-refractivity contribution in [3.63, 3.8) is 0 Å². The first-order valence-electron chi connectivity index (χ1n) is 4.81. The molecule has 88 valence electrons. The maximum absolute atomic E-state index is 11.9. The van der Waals surface area contributed by atoms with Crippen LogP contribution in [0, 0.1) is 11.3 Å². The SMILES string of the molecule is CSC(SC)=C(C#N)C(=O)Nc1ccccc1. The van der Waals surface area contributed by atoms with E-state index in [4.69, 9.17) is 5.26 Å². The van der Waals surface area contributed by atoms with Gasteiger partial charge >= 0.3 is 0 Å². The van der Waals surface area contributed by atoms with Gasteiger partial charge < -0.3 is 5.32 Å². The summed E-state index contributed by atoms with van der Waals surface area (Å²) in [4.78, 5) is 11.9. The van der Waals surface area contributed by atoms with Gasteiger partial charge in [0.1, 0.15) is 11.6 Å². The van der Waals surface area contributed by atoms with E-state index in [0.29, 0.717) is 5.69 Å². The number of carbonyl (C=O) groups is 1. The van der Waals surface area contributed by atoms with Crippen LogP contribution in [0.4, 0.5) is 5.69 Å². The third kappa shape index (κ3) is 3.84. The van der Waals surface area contributed by atoms with Gasteiger partial charge in [0.2, 0.25) is 0 Å². The highest BCUT2D eigenvalue weighted by Gasteiger charge is 2.14. The van der Waals surface area contributed by atoms with Gasteiger partial charge in [0.05, 0.1) is 4.24 Å². The van der Waals surface area contributed by atoms with E-state index in [-0.39, 0.29) is 11.5 Å². The highest BCUT2D eigenvalue weighted by molar-refractivity contribution is 8.21. The Labute approximate surface area is 109 Å². The van der Waals surface area contributed by atoms with Crippen molar-refractivity contribution in [2.75, 3.05) is 17.8 Å². The summed E-state index contributed by atoms with van der Waals surface area (Å²) in [6.45, 7) is 0. The number of anilines is 1. The molecule has 0 aliphatic heterocycles. The number of para-hydroxylation sites is 1. The van der Waals surface area contributed by atoms with E-state index in [0.717, 1.165) is 4.24 Å². The first-order valence-corrected chi connectivity index (χ1v) is 7.26. The van der Waals surface area contributed by atoms with E-state index in [2.05, 4.69) is 5.32 Å². The number of rotatable bonds is 4. The number of hydrogen-bond donors (Lipinski definition) is 1.